The quantitative estimate of drug-likeness (QED) is 0.193. The van der Waals surface area contributed by atoms with Crippen molar-refractivity contribution in [2.45, 2.75) is 105 Å². The molecule has 0 nitrogen and oxygen atoms in total. The summed E-state index contributed by atoms with van der Waals surface area (Å²) < 4.78 is 0. The zero-order chi connectivity index (χ0) is 16.8. The molecule has 0 atom stereocenters. The molecule has 0 amide bonds. The number of hydrogen-bond acceptors (Lipinski definition) is 0. The van der Waals surface area contributed by atoms with Crippen LogP contribution in [0.3, 0.4) is 0 Å². The van der Waals surface area contributed by atoms with Crippen LogP contribution in [0.25, 0.3) is 0 Å². The van der Waals surface area contributed by atoms with Crippen molar-refractivity contribution in [3.05, 3.63) is 0 Å². The van der Waals surface area contributed by atoms with Crippen molar-refractivity contribution >= 4 is 17.2 Å². The predicted molar refractivity (Wildman–Crippen MR) is 110 cm³/mol. The van der Waals surface area contributed by atoms with Crippen LogP contribution in [-0.4, -0.2) is 24.6 Å². The Labute approximate surface area is 146 Å². The molecule has 0 aliphatic carbocycles. The first kappa shape index (κ1) is 22.7. The molecule has 0 spiro atoms. The van der Waals surface area contributed by atoms with E-state index in [4.69, 9.17) is 11.2 Å². The second kappa shape index (κ2) is 13.1. The van der Waals surface area contributed by atoms with E-state index >= 15 is 0 Å². The summed E-state index contributed by atoms with van der Waals surface area (Å²) in [5.41, 5.74) is 0. The predicted octanol–water partition coefficient (Wildman–Crippen LogP) is 8.45. The summed E-state index contributed by atoms with van der Waals surface area (Å²) in [6.07, 6.45) is 22.2. The Morgan fingerprint density at radius 2 is 0.818 bits per heavy atom. The van der Waals surface area contributed by atoms with Crippen LogP contribution in [-0.2, 0) is 0 Å². The molecule has 0 saturated heterocycles. The first-order chi connectivity index (χ1) is 10.5. The second-order valence-electron chi connectivity index (χ2n) is 7.38. The third-order valence-electron chi connectivity index (χ3n) is 5.94. The van der Waals surface area contributed by atoms with Gasteiger partial charge in [-0.2, -0.15) is 0 Å². The first-order valence-electron chi connectivity index (χ1n) is 10.3. The zero-order valence-electron chi connectivity index (χ0n) is 16.1. The molecule has 0 heterocycles. The van der Waals surface area contributed by atoms with Crippen LogP contribution in [0.15, 0.2) is 0 Å². The molecule has 2 heteroatoms. The molecule has 0 aliphatic rings. The van der Waals surface area contributed by atoms with E-state index in [0.29, 0.717) is 0 Å². The molecule has 0 unspecified atom stereocenters. The molecule has 0 fully saturated rings. The standard InChI is InChI=1S/C20H44ClP/c1-5-9-10-11-12-13-14-15-16-17-18-19-20-22(21,6-2,7-3)8-4/h5-20H2,1-4H3. The van der Waals surface area contributed by atoms with Gasteiger partial charge in [-0.15, -0.1) is 0 Å². The maximum atomic E-state index is 7.12. The Balaban J connectivity index is 3.47. The summed E-state index contributed by atoms with van der Waals surface area (Å²) in [7, 11) is 0. The summed E-state index contributed by atoms with van der Waals surface area (Å²) in [5, 5.41) is 0. The topological polar surface area (TPSA) is 0 Å². The SMILES string of the molecule is CCCCCCCCCCCCCCP(Cl)(CC)(CC)CC. The molecule has 22 heavy (non-hydrogen) atoms. The van der Waals surface area contributed by atoms with Gasteiger partial charge in [0, 0.05) is 0 Å². The van der Waals surface area contributed by atoms with E-state index in [0.717, 1.165) is 0 Å². The van der Waals surface area contributed by atoms with Crippen molar-refractivity contribution in [2.24, 2.45) is 0 Å². The van der Waals surface area contributed by atoms with Crippen LogP contribution < -0.4 is 0 Å². The number of halogens is 1. The van der Waals surface area contributed by atoms with E-state index in [1.165, 1.54) is 102 Å². The van der Waals surface area contributed by atoms with Gasteiger partial charge in [0.1, 0.15) is 0 Å². The Kier molecular flexibility index (Phi) is 13.5. The number of rotatable bonds is 16. The molecule has 0 aliphatic heterocycles. The van der Waals surface area contributed by atoms with Gasteiger partial charge in [-0.1, -0.05) is 13.3 Å². The van der Waals surface area contributed by atoms with E-state index in [-0.39, 0.29) is 0 Å². The van der Waals surface area contributed by atoms with Crippen molar-refractivity contribution in [2.75, 3.05) is 24.6 Å². The van der Waals surface area contributed by atoms with Crippen LogP contribution >= 0.6 is 17.2 Å². The van der Waals surface area contributed by atoms with Crippen LogP contribution in [0.1, 0.15) is 105 Å². The molecule has 136 valence electrons. The van der Waals surface area contributed by atoms with Gasteiger partial charge in [0.2, 0.25) is 0 Å². The van der Waals surface area contributed by atoms with E-state index in [9.17, 15) is 0 Å². The van der Waals surface area contributed by atoms with E-state index < -0.39 is 5.96 Å². The van der Waals surface area contributed by atoms with Gasteiger partial charge in [0.15, 0.2) is 0 Å². The fraction of sp³-hybridized carbons (Fsp3) is 1.00. The van der Waals surface area contributed by atoms with Gasteiger partial charge in [-0.05, 0) is 0 Å². The van der Waals surface area contributed by atoms with Crippen molar-refractivity contribution < 1.29 is 0 Å². The number of unbranched alkanes of at least 4 members (excludes halogenated alkanes) is 11. The molecular formula is C20H44ClP. The summed E-state index contributed by atoms with van der Waals surface area (Å²) in [5.74, 6) is -1.81. The van der Waals surface area contributed by atoms with E-state index in [2.05, 4.69) is 27.7 Å². The molecule has 0 N–H and O–H groups in total. The Bertz CT molecular complexity index is 237. The molecule has 0 bridgehead atoms. The fourth-order valence-corrected chi connectivity index (χ4v) is 7.16. The Morgan fingerprint density at radius 1 is 0.500 bits per heavy atom. The van der Waals surface area contributed by atoms with Gasteiger partial charge in [0.25, 0.3) is 0 Å². The molecule has 0 rings (SSSR count). The van der Waals surface area contributed by atoms with Gasteiger partial charge < -0.3 is 0 Å². The monoisotopic (exact) mass is 350 g/mol. The van der Waals surface area contributed by atoms with Gasteiger partial charge in [-0.3, -0.25) is 0 Å². The van der Waals surface area contributed by atoms with Crippen molar-refractivity contribution in [1.82, 2.24) is 0 Å². The second-order valence-corrected chi connectivity index (χ2v) is 16.2. The fourth-order valence-electron chi connectivity index (χ4n) is 3.49. The molecular weight excluding hydrogens is 307 g/mol. The summed E-state index contributed by atoms with van der Waals surface area (Å²) >= 11 is 7.12. The van der Waals surface area contributed by atoms with Gasteiger partial charge in [0.05, 0.1) is 0 Å². The average molecular weight is 351 g/mol. The third kappa shape index (κ3) is 9.77. The van der Waals surface area contributed by atoms with Crippen LogP contribution in [0.2, 0.25) is 0 Å². The summed E-state index contributed by atoms with van der Waals surface area (Å²) in [6, 6.07) is 0. The van der Waals surface area contributed by atoms with Crippen molar-refractivity contribution in [1.29, 1.82) is 0 Å². The zero-order valence-corrected chi connectivity index (χ0v) is 17.8. The minimum absolute atomic E-state index is 1.23. The molecule has 0 saturated carbocycles. The summed E-state index contributed by atoms with van der Waals surface area (Å²) in [4.78, 5) is 0. The summed E-state index contributed by atoms with van der Waals surface area (Å²) in [6.45, 7) is 9.25. The normalized spacial score (nSPS) is 14.0. The van der Waals surface area contributed by atoms with Crippen molar-refractivity contribution in [3.63, 3.8) is 0 Å². The molecule has 0 aromatic carbocycles. The van der Waals surface area contributed by atoms with Crippen LogP contribution in [0, 0.1) is 0 Å². The number of hydrogen-bond donors (Lipinski definition) is 0. The minimum atomic E-state index is -1.81. The molecule has 0 aromatic heterocycles. The average Bonchev–Trinajstić information content (AvgIpc) is 2.56. The molecule has 0 aromatic rings. The third-order valence-corrected chi connectivity index (χ3v) is 14.8. The first-order valence-corrected chi connectivity index (χ1v) is 14.1. The van der Waals surface area contributed by atoms with Crippen LogP contribution in [0.5, 0.6) is 0 Å². The molecule has 0 radical (unpaired) electrons. The maximum absolute atomic E-state index is 7.12. The Morgan fingerprint density at radius 3 is 1.14 bits per heavy atom. The van der Waals surface area contributed by atoms with Crippen LogP contribution in [0.4, 0.5) is 0 Å². The van der Waals surface area contributed by atoms with Gasteiger partial charge >= 0.3 is 133 Å². The van der Waals surface area contributed by atoms with Gasteiger partial charge in [-0.25, -0.2) is 0 Å². The van der Waals surface area contributed by atoms with E-state index in [1.807, 2.05) is 0 Å². The van der Waals surface area contributed by atoms with E-state index in [1.54, 1.807) is 0 Å². The Hall–Kier alpha value is 0.720. The van der Waals surface area contributed by atoms with Crippen molar-refractivity contribution in [3.8, 4) is 0 Å².